The Kier molecular flexibility index (Phi) is 4.29. The topological polar surface area (TPSA) is 71.3 Å². The van der Waals surface area contributed by atoms with E-state index >= 15 is 0 Å². The summed E-state index contributed by atoms with van der Waals surface area (Å²) in [6.45, 7) is 1.92. The zero-order valence-corrected chi connectivity index (χ0v) is 15.9. The van der Waals surface area contributed by atoms with Gasteiger partial charge in [0.15, 0.2) is 22.3 Å². The fraction of sp³-hybridized carbons (Fsp3) is 0.190. The van der Waals surface area contributed by atoms with Crippen molar-refractivity contribution in [3.8, 4) is 10.8 Å². The molecule has 1 aromatic carbocycles. The summed E-state index contributed by atoms with van der Waals surface area (Å²) in [5.41, 5.74) is 1.63. The molecule has 0 saturated carbocycles. The molecular formula is C21H18N4O2S. The molecule has 0 spiro atoms. The van der Waals surface area contributed by atoms with E-state index in [0.717, 1.165) is 47.0 Å². The van der Waals surface area contributed by atoms with Crippen molar-refractivity contribution in [2.45, 2.75) is 12.8 Å². The second-order valence-corrected chi connectivity index (χ2v) is 7.70. The summed E-state index contributed by atoms with van der Waals surface area (Å²) in [5.74, 6) is 1.37. The molecule has 0 atom stereocenters. The Balaban J connectivity index is 1.38. The average molecular weight is 390 g/mol. The summed E-state index contributed by atoms with van der Waals surface area (Å²) in [6.07, 6.45) is 4.04. The number of anilines is 2. The van der Waals surface area contributed by atoms with Gasteiger partial charge in [0.25, 0.3) is 5.91 Å². The van der Waals surface area contributed by atoms with E-state index in [-0.39, 0.29) is 11.7 Å². The van der Waals surface area contributed by atoms with Gasteiger partial charge >= 0.3 is 0 Å². The lowest BCUT2D eigenvalue weighted by Crippen LogP contribution is -2.22. The van der Waals surface area contributed by atoms with E-state index in [1.807, 2.05) is 36.4 Å². The molecule has 4 aromatic rings. The minimum Gasteiger partial charge on any atom is -0.448 e. The van der Waals surface area contributed by atoms with Gasteiger partial charge < -0.3 is 14.6 Å². The number of furan rings is 1. The lowest BCUT2D eigenvalue weighted by molar-refractivity contribution is 0.0997. The zero-order chi connectivity index (χ0) is 18.9. The van der Waals surface area contributed by atoms with E-state index in [2.05, 4.69) is 20.2 Å². The number of benzene rings is 1. The highest BCUT2D eigenvalue weighted by Gasteiger charge is 2.20. The Morgan fingerprint density at radius 1 is 1.07 bits per heavy atom. The number of amides is 1. The normalized spacial score (nSPS) is 13.9. The Hall–Kier alpha value is -3.19. The van der Waals surface area contributed by atoms with Crippen LogP contribution in [0.4, 0.5) is 11.5 Å². The molecule has 0 unspecified atom stereocenters. The minimum atomic E-state index is -0.291. The minimum absolute atomic E-state index is 0.255. The SMILES string of the molecule is O=C(Nc1cccnc1N1CCCC1)c1ccc(-c2nc3ccccc3s2)o1. The van der Waals surface area contributed by atoms with Gasteiger partial charge in [0.2, 0.25) is 0 Å². The van der Waals surface area contributed by atoms with Gasteiger partial charge in [-0.2, -0.15) is 0 Å². The first-order chi connectivity index (χ1) is 13.8. The number of thiazole rings is 1. The Morgan fingerprint density at radius 2 is 1.93 bits per heavy atom. The fourth-order valence-corrected chi connectivity index (χ4v) is 4.34. The van der Waals surface area contributed by atoms with Crippen LogP contribution in [0, 0.1) is 0 Å². The maximum absolute atomic E-state index is 12.7. The number of hydrogen-bond donors (Lipinski definition) is 1. The van der Waals surface area contributed by atoms with Crippen LogP contribution in [0.15, 0.2) is 59.1 Å². The van der Waals surface area contributed by atoms with Crippen molar-refractivity contribution in [1.29, 1.82) is 0 Å². The zero-order valence-electron chi connectivity index (χ0n) is 15.1. The van der Waals surface area contributed by atoms with E-state index in [1.165, 1.54) is 0 Å². The van der Waals surface area contributed by atoms with Gasteiger partial charge in [0.05, 0.1) is 15.9 Å². The Morgan fingerprint density at radius 3 is 2.79 bits per heavy atom. The lowest BCUT2D eigenvalue weighted by atomic mass is 10.3. The summed E-state index contributed by atoms with van der Waals surface area (Å²) in [4.78, 5) is 24.0. The molecule has 6 nitrogen and oxygen atoms in total. The maximum atomic E-state index is 12.7. The van der Waals surface area contributed by atoms with Gasteiger partial charge in [-0.1, -0.05) is 12.1 Å². The molecule has 3 aromatic heterocycles. The summed E-state index contributed by atoms with van der Waals surface area (Å²) < 4.78 is 6.89. The van der Waals surface area contributed by atoms with E-state index in [4.69, 9.17) is 4.42 Å². The fourth-order valence-electron chi connectivity index (χ4n) is 3.41. The summed E-state index contributed by atoms with van der Waals surface area (Å²) in [7, 11) is 0. The molecule has 1 saturated heterocycles. The third-order valence-electron chi connectivity index (χ3n) is 4.77. The maximum Gasteiger partial charge on any atom is 0.291 e. The highest BCUT2D eigenvalue weighted by Crippen LogP contribution is 2.32. The molecule has 0 radical (unpaired) electrons. The van der Waals surface area contributed by atoms with Crippen LogP contribution in [-0.4, -0.2) is 29.0 Å². The molecule has 1 aliphatic rings. The van der Waals surface area contributed by atoms with Crippen molar-refractivity contribution in [3.63, 3.8) is 0 Å². The molecule has 5 rings (SSSR count). The van der Waals surface area contributed by atoms with Crippen molar-refractivity contribution >= 4 is 39.0 Å². The number of pyridine rings is 1. The van der Waals surface area contributed by atoms with Gasteiger partial charge in [0, 0.05) is 19.3 Å². The first-order valence-corrected chi connectivity index (χ1v) is 10.1. The lowest BCUT2D eigenvalue weighted by Gasteiger charge is -2.19. The largest absolute Gasteiger partial charge is 0.448 e. The Labute approximate surface area is 165 Å². The van der Waals surface area contributed by atoms with Crippen molar-refractivity contribution < 1.29 is 9.21 Å². The quantitative estimate of drug-likeness (QED) is 0.542. The number of para-hydroxylation sites is 1. The van der Waals surface area contributed by atoms with Crippen LogP contribution in [0.1, 0.15) is 23.4 Å². The number of fused-ring (bicyclic) bond motifs is 1. The number of hydrogen-bond acceptors (Lipinski definition) is 6. The number of nitrogens with one attached hydrogen (secondary N) is 1. The molecule has 140 valence electrons. The van der Waals surface area contributed by atoms with Gasteiger partial charge in [0.1, 0.15) is 0 Å². The molecule has 4 heterocycles. The first-order valence-electron chi connectivity index (χ1n) is 9.25. The van der Waals surface area contributed by atoms with Crippen LogP contribution >= 0.6 is 11.3 Å². The summed E-state index contributed by atoms with van der Waals surface area (Å²) in [5, 5.41) is 3.70. The van der Waals surface area contributed by atoms with E-state index in [1.54, 1.807) is 29.7 Å². The number of rotatable bonds is 4. The molecule has 0 aliphatic carbocycles. The highest BCUT2D eigenvalue weighted by molar-refractivity contribution is 7.21. The molecular weight excluding hydrogens is 372 g/mol. The van der Waals surface area contributed by atoms with Crippen LogP contribution in [0.3, 0.4) is 0 Å². The van der Waals surface area contributed by atoms with Crippen molar-refractivity contribution in [3.05, 3.63) is 60.5 Å². The van der Waals surface area contributed by atoms with Crippen molar-refractivity contribution in [2.24, 2.45) is 0 Å². The second-order valence-electron chi connectivity index (χ2n) is 6.67. The van der Waals surface area contributed by atoms with Gasteiger partial charge in [-0.05, 0) is 49.2 Å². The number of nitrogens with zero attached hydrogens (tertiary/aromatic N) is 3. The van der Waals surface area contributed by atoms with Crippen molar-refractivity contribution in [2.75, 3.05) is 23.3 Å². The van der Waals surface area contributed by atoms with Gasteiger partial charge in [-0.25, -0.2) is 9.97 Å². The van der Waals surface area contributed by atoms with E-state index < -0.39 is 0 Å². The molecule has 1 fully saturated rings. The van der Waals surface area contributed by atoms with Gasteiger partial charge in [-0.15, -0.1) is 11.3 Å². The number of carbonyl (C=O) groups is 1. The predicted octanol–water partition coefficient (Wildman–Crippen LogP) is 4.80. The van der Waals surface area contributed by atoms with Crippen LogP contribution in [-0.2, 0) is 0 Å². The summed E-state index contributed by atoms with van der Waals surface area (Å²) in [6, 6.07) is 15.1. The van der Waals surface area contributed by atoms with E-state index in [9.17, 15) is 4.79 Å². The molecule has 1 amide bonds. The van der Waals surface area contributed by atoms with Crippen LogP contribution in [0.5, 0.6) is 0 Å². The number of carbonyl (C=O) groups excluding carboxylic acids is 1. The van der Waals surface area contributed by atoms with Crippen molar-refractivity contribution in [1.82, 2.24) is 9.97 Å². The van der Waals surface area contributed by atoms with Crippen LogP contribution in [0.25, 0.3) is 21.0 Å². The Bertz CT molecular complexity index is 1110. The third-order valence-corrected chi connectivity index (χ3v) is 5.83. The monoisotopic (exact) mass is 390 g/mol. The predicted molar refractivity (Wildman–Crippen MR) is 111 cm³/mol. The molecule has 1 N–H and O–H groups in total. The standard InChI is InChI=1S/C21H18N4O2S/c26-20(23-15-7-5-11-22-19(15)25-12-3-4-13-25)16-9-10-17(27-16)21-24-14-6-1-2-8-18(14)28-21/h1-2,5-11H,3-4,12-13H2,(H,23,26). The molecule has 1 aliphatic heterocycles. The first kappa shape index (κ1) is 16.9. The smallest absolute Gasteiger partial charge is 0.291 e. The third kappa shape index (κ3) is 3.14. The highest BCUT2D eigenvalue weighted by atomic mass is 32.1. The van der Waals surface area contributed by atoms with Crippen LogP contribution < -0.4 is 10.2 Å². The number of aromatic nitrogens is 2. The molecule has 28 heavy (non-hydrogen) atoms. The van der Waals surface area contributed by atoms with Gasteiger partial charge in [-0.3, -0.25) is 4.79 Å². The average Bonchev–Trinajstić information content (AvgIpc) is 3.48. The molecule has 7 heteroatoms. The second kappa shape index (κ2) is 7.09. The van der Waals surface area contributed by atoms with Crippen LogP contribution in [0.2, 0.25) is 0 Å². The summed E-state index contributed by atoms with van der Waals surface area (Å²) >= 11 is 1.55. The molecule has 0 bridgehead atoms. The van der Waals surface area contributed by atoms with E-state index in [0.29, 0.717) is 11.4 Å².